The summed E-state index contributed by atoms with van der Waals surface area (Å²) in [5, 5.41) is 5.85. The van der Waals surface area contributed by atoms with E-state index in [1.807, 2.05) is 25.1 Å². The van der Waals surface area contributed by atoms with Crippen LogP contribution in [0.1, 0.15) is 25.3 Å². The SMILES string of the molecule is CCOC(=O)CCCNCC(=O)Nc1ccc(Br)cc1C. The van der Waals surface area contributed by atoms with Crippen LogP contribution in [0, 0.1) is 6.92 Å². The van der Waals surface area contributed by atoms with Gasteiger partial charge in [0, 0.05) is 16.6 Å². The molecule has 0 radical (unpaired) electrons. The number of benzene rings is 1. The van der Waals surface area contributed by atoms with Gasteiger partial charge in [-0.05, 0) is 50.6 Å². The van der Waals surface area contributed by atoms with Crippen LogP contribution in [0.3, 0.4) is 0 Å². The van der Waals surface area contributed by atoms with Gasteiger partial charge in [-0.2, -0.15) is 0 Å². The summed E-state index contributed by atoms with van der Waals surface area (Å²) in [7, 11) is 0. The summed E-state index contributed by atoms with van der Waals surface area (Å²) in [6, 6.07) is 5.69. The highest BCUT2D eigenvalue weighted by molar-refractivity contribution is 9.10. The Morgan fingerprint density at radius 2 is 2.10 bits per heavy atom. The average Bonchev–Trinajstić information content (AvgIpc) is 2.42. The first-order chi connectivity index (χ1) is 10.0. The van der Waals surface area contributed by atoms with Gasteiger partial charge in [-0.15, -0.1) is 0 Å². The van der Waals surface area contributed by atoms with Crippen molar-refractivity contribution in [2.75, 3.05) is 25.0 Å². The Morgan fingerprint density at radius 1 is 1.33 bits per heavy atom. The van der Waals surface area contributed by atoms with E-state index in [0.717, 1.165) is 15.7 Å². The highest BCUT2D eigenvalue weighted by Crippen LogP contribution is 2.19. The predicted octanol–water partition coefficient (Wildman–Crippen LogP) is 2.63. The molecule has 0 aliphatic rings. The van der Waals surface area contributed by atoms with E-state index in [4.69, 9.17) is 4.74 Å². The lowest BCUT2D eigenvalue weighted by Gasteiger charge is -2.09. The quantitative estimate of drug-likeness (QED) is 0.555. The molecular formula is C15H21BrN2O3. The normalized spacial score (nSPS) is 10.2. The Kier molecular flexibility index (Phi) is 8.00. The summed E-state index contributed by atoms with van der Waals surface area (Å²) < 4.78 is 5.80. The molecule has 0 saturated carbocycles. The van der Waals surface area contributed by atoms with E-state index >= 15 is 0 Å². The summed E-state index contributed by atoms with van der Waals surface area (Å²) in [5.41, 5.74) is 1.80. The molecule has 21 heavy (non-hydrogen) atoms. The summed E-state index contributed by atoms with van der Waals surface area (Å²) in [5.74, 6) is -0.300. The van der Waals surface area contributed by atoms with Gasteiger partial charge in [-0.3, -0.25) is 9.59 Å². The minimum Gasteiger partial charge on any atom is -0.466 e. The first-order valence-electron chi connectivity index (χ1n) is 6.95. The second kappa shape index (κ2) is 9.52. The van der Waals surface area contributed by atoms with Crippen LogP contribution < -0.4 is 10.6 Å². The molecule has 2 N–H and O–H groups in total. The molecule has 0 aliphatic carbocycles. The van der Waals surface area contributed by atoms with Gasteiger partial charge in [0.25, 0.3) is 0 Å². The zero-order valence-corrected chi connectivity index (χ0v) is 14.0. The van der Waals surface area contributed by atoms with Crippen LogP contribution in [0.4, 0.5) is 5.69 Å². The number of halogens is 1. The monoisotopic (exact) mass is 356 g/mol. The van der Waals surface area contributed by atoms with Crippen LogP contribution in [-0.2, 0) is 14.3 Å². The molecule has 1 amide bonds. The number of hydrogen-bond acceptors (Lipinski definition) is 4. The van der Waals surface area contributed by atoms with Crippen molar-refractivity contribution in [2.45, 2.75) is 26.7 Å². The van der Waals surface area contributed by atoms with Crippen LogP contribution in [-0.4, -0.2) is 31.6 Å². The van der Waals surface area contributed by atoms with Crippen LogP contribution in [0.25, 0.3) is 0 Å². The molecule has 0 heterocycles. The molecule has 6 heteroatoms. The molecule has 0 atom stereocenters. The van der Waals surface area contributed by atoms with Gasteiger partial charge >= 0.3 is 5.97 Å². The number of nitrogens with one attached hydrogen (secondary N) is 2. The van der Waals surface area contributed by atoms with E-state index in [1.54, 1.807) is 6.92 Å². The zero-order valence-electron chi connectivity index (χ0n) is 12.4. The van der Waals surface area contributed by atoms with E-state index in [2.05, 4.69) is 26.6 Å². The summed E-state index contributed by atoms with van der Waals surface area (Å²) in [6.45, 7) is 4.95. The molecule has 0 spiro atoms. The van der Waals surface area contributed by atoms with Gasteiger partial charge in [0.1, 0.15) is 0 Å². The summed E-state index contributed by atoms with van der Waals surface area (Å²) in [6.07, 6.45) is 1.03. The molecular weight excluding hydrogens is 336 g/mol. The molecule has 0 unspecified atom stereocenters. The van der Waals surface area contributed by atoms with Crippen molar-refractivity contribution in [3.8, 4) is 0 Å². The van der Waals surface area contributed by atoms with Crippen molar-refractivity contribution >= 4 is 33.5 Å². The molecule has 0 fully saturated rings. The van der Waals surface area contributed by atoms with E-state index in [-0.39, 0.29) is 18.4 Å². The zero-order chi connectivity index (χ0) is 15.7. The molecule has 5 nitrogen and oxygen atoms in total. The van der Waals surface area contributed by atoms with Gasteiger partial charge in [-0.1, -0.05) is 15.9 Å². The first-order valence-corrected chi connectivity index (χ1v) is 7.74. The van der Waals surface area contributed by atoms with Crippen molar-refractivity contribution in [3.63, 3.8) is 0 Å². The van der Waals surface area contributed by atoms with E-state index in [9.17, 15) is 9.59 Å². The molecule has 0 saturated heterocycles. The molecule has 0 bridgehead atoms. The van der Waals surface area contributed by atoms with Crippen molar-refractivity contribution in [3.05, 3.63) is 28.2 Å². The Labute approximate surface area is 133 Å². The number of ether oxygens (including phenoxy) is 1. The molecule has 0 aliphatic heterocycles. The van der Waals surface area contributed by atoms with E-state index in [0.29, 0.717) is 26.0 Å². The fourth-order valence-corrected chi connectivity index (χ4v) is 2.23. The molecule has 1 aromatic carbocycles. The third kappa shape index (κ3) is 7.24. The van der Waals surface area contributed by atoms with Crippen LogP contribution in [0.2, 0.25) is 0 Å². The summed E-state index contributed by atoms with van der Waals surface area (Å²) in [4.78, 5) is 22.9. The highest BCUT2D eigenvalue weighted by atomic mass is 79.9. The van der Waals surface area contributed by atoms with Gasteiger partial charge in [0.05, 0.1) is 13.2 Å². The van der Waals surface area contributed by atoms with Gasteiger partial charge in [0.2, 0.25) is 5.91 Å². The second-order valence-electron chi connectivity index (χ2n) is 4.59. The largest absolute Gasteiger partial charge is 0.466 e. The maximum absolute atomic E-state index is 11.8. The predicted molar refractivity (Wildman–Crippen MR) is 86.2 cm³/mol. The number of hydrogen-bond donors (Lipinski definition) is 2. The van der Waals surface area contributed by atoms with Crippen LogP contribution >= 0.6 is 15.9 Å². The standard InChI is InChI=1S/C15H21BrN2O3/c1-3-21-15(20)5-4-8-17-10-14(19)18-13-7-6-12(16)9-11(13)2/h6-7,9,17H,3-5,8,10H2,1-2H3,(H,18,19). The Balaban J connectivity index is 2.21. The number of anilines is 1. The topological polar surface area (TPSA) is 67.4 Å². The molecule has 116 valence electrons. The summed E-state index contributed by atoms with van der Waals surface area (Å²) >= 11 is 3.38. The maximum atomic E-state index is 11.8. The average molecular weight is 357 g/mol. The van der Waals surface area contributed by atoms with Gasteiger partial charge < -0.3 is 15.4 Å². The van der Waals surface area contributed by atoms with Crippen molar-refractivity contribution < 1.29 is 14.3 Å². The second-order valence-corrected chi connectivity index (χ2v) is 5.51. The fourth-order valence-electron chi connectivity index (χ4n) is 1.75. The number of amides is 1. The van der Waals surface area contributed by atoms with Gasteiger partial charge in [0.15, 0.2) is 0 Å². The van der Waals surface area contributed by atoms with Gasteiger partial charge in [-0.25, -0.2) is 0 Å². The number of aryl methyl sites for hydroxylation is 1. The molecule has 1 rings (SSSR count). The molecule has 1 aromatic rings. The number of carbonyl (C=O) groups excluding carboxylic acids is 2. The Hall–Kier alpha value is -1.40. The van der Waals surface area contributed by atoms with Crippen LogP contribution in [0.15, 0.2) is 22.7 Å². The smallest absolute Gasteiger partial charge is 0.305 e. The lowest BCUT2D eigenvalue weighted by Crippen LogP contribution is -2.29. The highest BCUT2D eigenvalue weighted by Gasteiger charge is 2.05. The minimum atomic E-state index is -0.200. The van der Waals surface area contributed by atoms with Crippen LogP contribution in [0.5, 0.6) is 0 Å². The Bertz CT molecular complexity index is 492. The van der Waals surface area contributed by atoms with Crippen molar-refractivity contribution in [2.24, 2.45) is 0 Å². The Morgan fingerprint density at radius 3 is 2.76 bits per heavy atom. The minimum absolute atomic E-state index is 0.100. The lowest BCUT2D eigenvalue weighted by atomic mass is 10.2. The van der Waals surface area contributed by atoms with Crippen molar-refractivity contribution in [1.29, 1.82) is 0 Å². The maximum Gasteiger partial charge on any atom is 0.305 e. The van der Waals surface area contributed by atoms with E-state index < -0.39 is 0 Å². The lowest BCUT2D eigenvalue weighted by molar-refractivity contribution is -0.143. The van der Waals surface area contributed by atoms with Crippen molar-refractivity contribution in [1.82, 2.24) is 5.32 Å². The third-order valence-electron chi connectivity index (χ3n) is 2.79. The van der Waals surface area contributed by atoms with E-state index in [1.165, 1.54) is 0 Å². The number of carbonyl (C=O) groups is 2. The molecule has 0 aromatic heterocycles. The third-order valence-corrected chi connectivity index (χ3v) is 3.28. The number of esters is 1. The first kappa shape index (κ1) is 17.7. The number of rotatable bonds is 8. The fraction of sp³-hybridized carbons (Fsp3) is 0.467.